The van der Waals surface area contributed by atoms with E-state index in [4.69, 9.17) is 0 Å². The maximum absolute atomic E-state index is 12.4. The SMILES string of the molecule is O=C(Nc1ccc2c(c1)C(=O)NC2)c1ccn(-c2cccc([N+](=O)[O-])c2)n1. The first-order valence-electron chi connectivity index (χ1n) is 8.04. The Labute approximate surface area is 152 Å². The van der Waals surface area contributed by atoms with Gasteiger partial charge in [0, 0.05) is 36.1 Å². The molecule has 1 aliphatic heterocycles. The Morgan fingerprint density at radius 1 is 1.22 bits per heavy atom. The number of carbonyl (C=O) groups is 2. The second-order valence-corrected chi connectivity index (χ2v) is 5.93. The molecule has 0 fully saturated rings. The Morgan fingerprint density at radius 3 is 2.89 bits per heavy atom. The molecule has 0 bridgehead atoms. The van der Waals surface area contributed by atoms with Crippen molar-refractivity contribution in [1.82, 2.24) is 15.1 Å². The Hall–Kier alpha value is -4.01. The van der Waals surface area contributed by atoms with Gasteiger partial charge in [-0.05, 0) is 29.8 Å². The van der Waals surface area contributed by atoms with Crippen LogP contribution in [-0.4, -0.2) is 26.5 Å². The van der Waals surface area contributed by atoms with Gasteiger partial charge in [-0.2, -0.15) is 5.10 Å². The molecule has 2 N–H and O–H groups in total. The zero-order chi connectivity index (χ0) is 19.0. The molecule has 0 spiro atoms. The highest BCUT2D eigenvalue weighted by molar-refractivity contribution is 6.04. The van der Waals surface area contributed by atoms with E-state index in [0.29, 0.717) is 23.5 Å². The molecule has 27 heavy (non-hydrogen) atoms. The molecule has 9 heteroatoms. The summed E-state index contributed by atoms with van der Waals surface area (Å²) in [5.74, 6) is -0.617. The third-order valence-corrected chi connectivity index (χ3v) is 4.18. The van der Waals surface area contributed by atoms with Gasteiger partial charge in [0.2, 0.25) is 0 Å². The summed E-state index contributed by atoms with van der Waals surface area (Å²) in [7, 11) is 0. The number of anilines is 1. The molecule has 2 heterocycles. The highest BCUT2D eigenvalue weighted by Gasteiger charge is 2.19. The molecular weight excluding hydrogens is 350 g/mol. The standard InChI is InChI=1S/C18H13N5O4/c24-17-15-8-12(5-4-11(15)10-19-17)20-18(25)16-6-7-22(21-16)13-2-1-3-14(9-13)23(26)27/h1-9H,10H2,(H,19,24)(H,20,25). The lowest BCUT2D eigenvalue weighted by atomic mass is 10.1. The van der Waals surface area contributed by atoms with Crippen LogP contribution in [-0.2, 0) is 6.54 Å². The number of fused-ring (bicyclic) bond motifs is 1. The van der Waals surface area contributed by atoms with E-state index in [0.717, 1.165) is 5.56 Å². The van der Waals surface area contributed by atoms with E-state index in [1.807, 2.05) is 0 Å². The average molecular weight is 363 g/mol. The van der Waals surface area contributed by atoms with Crippen LogP contribution >= 0.6 is 0 Å². The summed E-state index contributed by atoms with van der Waals surface area (Å²) >= 11 is 0. The number of nitro groups is 1. The molecule has 0 saturated heterocycles. The number of hydrogen-bond donors (Lipinski definition) is 2. The van der Waals surface area contributed by atoms with Gasteiger partial charge >= 0.3 is 0 Å². The van der Waals surface area contributed by atoms with Crippen LogP contribution in [0.4, 0.5) is 11.4 Å². The summed E-state index contributed by atoms with van der Waals surface area (Å²) < 4.78 is 1.39. The molecule has 0 radical (unpaired) electrons. The zero-order valence-corrected chi connectivity index (χ0v) is 13.9. The molecule has 3 aromatic rings. The number of aromatic nitrogens is 2. The average Bonchev–Trinajstić information content (AvgIpc) is 3.30. The van der Waals surface area contributed by atoms with Gasteiger partial charge in [-0.1, -0.05) is 12.1 Å². The topological polar surface area (TPSA) is 119 Å². The van der Waals surface area contributed by atoms with E-state index in [1.165, 1.54) is 22.9 Å². The zero-order valence-electron chi connectivity index (χ0n) is 13.9. The van der Waals surface area contributed by atoms with Gasteiger partial charge in [0.25, 0.3) is 17.5 Å². The van der Waals surface area contributed by atoms with Crippen molar-refractivity contribution in [2.45, 2.75) is 6.54 Å². The van der Waals surface area contributed by atoms with E-state index in [2.05, 4.69) is 15.7 Å². The second-order valence-electron chi connectivity index (χ2n) is 5.93. The van der Waals surface area contributed by atoms with Crippen LogP contribution in [0.1, 0.15) is 26.4 Å². The first-order chi connectivity index (χ1) is 13.0. The summed E-state index contributed by atoms with van der Waals surface area (Å²) in [5.41, 5.74) is 2.46. The summed E-state index contributed by atoms with van der Waals surface area (Å²) in [5, 5.41) is 20.5. The Balaban J connectivity index is 1.54. The van der Waals surface area contributed by atoms with Crippen molar-refractivity contribution in [2.24, 2.45) is 0 Å². The third kappa shape index (κ3) is 3.13. The maximum Gasteiger partial charge on any atom is 0.276 e. The van der Waals surface area contributed by atoms with E-state index in [1.54, 1.807) is 36.5 Å². The number of nitrogens with zero attached hydrogens (tertiary/aromatic N) is 3. The highest BCUT2D eigenvalue weighted by Crippen LogP contribution is 2.21. The molecule has 0 aliphatic carbocycles. The van der Waals surface area contributed by atoms with Gasteiger partial charge in [0.1, 0.15) is 0 Å². The van der Waals surface area contributed by atoms with Gasteiger partial charge in [-0.3, -0.25) is 19.7 Å². The fourth-order valence-corrected chi connectivity index (χ4v) is 2.82. The van der Waals surface area contributed by atoms with Gasteiger partial charge in [-0.15, -0.1) is 0 Å². The largest absolute Gasteiger partial charge is 0.348 e. The predicted molar refractivity (Wildman–Crippen MR) is 95.8 cm³/mol. The minimum Gasteiger partial charge on any atom is -0.348 e. The number of non-ortho nitro benzene ring substituents is 1. The van der Waals surface area contributed by atoms with Gasteiger partial charge in [0.05, 0.1) is 10.6 Å². The smallest absolute Gasteiger partial charge is 0.276 e. The van der Waals surface area contributed by atoms with E-state index in [-0.39, 0.29) is 17.3 Å². The number of nitro benzene ring substituents is 1. The lowest BCUT2D eigenvalue weighted by Crippen LogP contribution is -2.14. The molecule has 4 rings (SSSR count). The number of hydrogen-bond acceptors (Lipinski definition) is 5. The molecule has 0 atom stereocenters. The monoisotopic (exact) mass is 363 g/mol. The normalized spacial score (nSPS) is 12.4. The van der Waals surface area contributed by atoms with Crippen LogP contribution in [0.15, 0.2) is 54.7 Å². The minimum absolute atomic E-state index is 0.0644. The highest BCUT2D eigenvalue weighted by atomic mass is 16.6. The lowest BCUT2D eigenvalue weighted by molar-refractivity contribution is -0.384. The van der Waals surface area contributed by atoms with Crippen LogP contribution in [0.2, 0.25) is 0 Å². The first kappa shape index (κ1) is 16.5. The van der Waals surface area contributed by atoms with E-state index >= 15 is 0 Å². The number of amides is 2. The maximum atomic E-state index is 12.4. The van der Waals surface area contributed by atoms with E-state index in [9.17, 15) is 19.7 Å². The molecule has 1 aliphatic rings. The van der Waals surface area contributed by atoms with Crippen molar-refractivity contribution < 1.29 is 14.5 Å². The first-order valence-corrected chi connectivity index (χ1v) is 8.04. The summed E-state index contributed by atoms with van der Waals surface area (Å²) in [6.07, 6.45) is 1.55. The van der Waals surface area contributed by atoms with Crippen molar-refractivity contribution in [3.63, 3.8) is 0 Å². The van der Waals surface area contributed by atoms with Crippen LogP contribution in [0.3, 0.4) is 0 Å². The van der Waals surface area contributed by atoms with Crippen LogP contribution in [0.5, 0.6) is 0 Å². The van der Waals surface area contributed by atoms with Gasteiger partial charge < -0.3 is 10.6 Å². The van der Waals surface area contributed by atoms with E-state index < -0.39 is 10.8 Å². The lowest BCUT2D eigenvalue weighted by Gasteiger charge is -2.05. The Morgan fingerprint density at radius 2 is 2.07 bits per heavy atom. The number of carbonyl (C=O) groups excluding carboxylic acids is 2. The molecular formula is C18H13N5O4. The Kier molecular flexibility index (Phi) is 3.88. The fourth-order valence-electron chi connectivity index (χ4n) is 2.82. The molecule has 2 aromatic carbocycles. The van der Waals surface area contributed by atoms with Crippen molar-refractivity contribution in [3.8, 4) is 5.69 Å². The number of rotatable bonds is 4. The van der Waals surface area contributed by atoms with Gasteiger partial charge in [0.15, 0.2) is 5.69 Å². The van der Waals surface area contributed by atoms with Crippen LogP contribution < -0.4 is 10.6 Å². The summed E-state index contributed by atoms with van der Waals surface area (Å²) in [6.45, 7) is 0.482. The second kappa shape index (κ2) is 6.37. The quantitative estimate of drug-likeness (QED) is 0.544. The van der Waals surface area contributed by atoms with Crippen molar-refractivity contribution in [2.75, 3.05) is 5.32 Å². The molecule has 1 aromatic heterocycles. The summed E-state index contributed by atoms with van der Waals surface area (Å²) in [4.78, 5) is 34.5. The van der Waals surface area contributed by atoms with Crippen molar-refractivity contribution in [1.29, 1.82) is 0 Å². The van der Waals surface area contributed by atoms with Crippen molar-refractivity contribution >= 4 is 23.2 Å². The van der Waals surface area contributed by atoms with Crippen LogP contribution in [0, 0.1) is 10.1 Å². The molecule has 0 saturated carbocycles. The number of nitrogens with one attached hydrogen (secondary N) is 2. The van der Waals surface area contributed by atoms with Crippen LogP contribution in [0.25, 0.3) is 5.69 Å². The molecule has 2 amide bonds. The minimum atomic E-state index is -0.495. The van der Waals surface area contributed by atoms with Gasteiger partial charge in [-0.25, -0.2) is 4.68 Å². The Bertz CT molecular complexity index is 1090. The molecule has 9 nitrogen and oxygen atoms in total. The molecule has 134 valence electrons. The summed E-state index contributed by atoms with van der Waals surface area (Å²) in [6, 6.07) is 12.6. The number of benzene rings is 2. The van der Waals surface area contributed by atoms with Crippen molar-refractivity contribution in [3.05, 3.63) is 81.7 Å². The third-order valence-electron chi connectivity index (χ3n) is 4.18. The molecule has 0 unspecified atom stereocenters. The fraction of sp³-hybridized carbons (Fsp3) is 0.0556. The predicted octanol–water partition coefficient (Wildman–Crippen LogP) is 2.28.